The van der Waals surface area contributed by atoms with Gasteiger partial charge in [0, 0.05) is 4.47 Å². The van der Waals surface area contributed by atoms with E-state index in [1.54, 1.807) is 6.92 Å². The third-order valence-corrected chi connectivity index (χ3v) is 2.54. The molecule has 0 aliphatic heterocycles. The second-order valence-electron chi connectivity index (χ2n) is 2.95. The van der Waals surface area contributed by atoms with E-state index in [2.05, 4.69) is 15.9 Å². The van der Waals surface area contributed by atoms with Crippen molar-refractivity contribution in [2.24, 2.45) is 0 Å². The number of ether oxygens (including phenoxy) is 1. The summed E-state index contributed by atoms with van der Waals surface area (Å²) in [6, 6.07) is 2.67. The van der Waals surface area contributed by atoms with Gasteiger partial charge in [0.1, 0.15) is 5.82 Å². The molecule has 0 aromatic heterocycles. The van der Waals surface area contributed by atoms with Crippen molar-refractivity contribution < 1.29 is 13.9 Å². The van der Waals surface area contributed by atoms with Crippen LogP contribution >= 0.6 is 15.9 Å². The minimum Gasteiger partial charge on any atom is -0.466 e. The van der Waals surface area contributed by atoms with E-state index in [0.717, 1.165) is 0 Å². The lowest BCUT2D eigenvalue weighted by molar-refractivity contribution is -0.142. The molecule has 0 aliphatic rings. The molecule has 5 heteroatoms. The molecular formula is C10H11BrFNO2. The smallest absolute Gasteiger partial charge is 0.310 e. The van der Waals surface area contributed by atoms with Crippen LogP contribution in [0.25, 0.3) is 0 Å². The Labute approximate surface area is 95.5 Å². The number of carbonyl (C=O) groups excluding carboxylic acids is 1. The molecular weight excluding hydrogens is 265 g/mol. The lowest BCUT2D eigenvalue weighted by atomic mass is 10.1. The summed E-state index contributed by atoms with van der Waals surface area (Å²) in [4.78, 5) is 11.2. The maximum absolute atomic E-state index is 13.0. The molecule has 3 nitrogen and oxygen atoms in total. The molecule has 2 N–H and O–H groups in total. The zero-order chi connectivity index (χ0) is 11.4. The lowest BCUT2D eigenvalue weighted by Crippen LogP contribution is -2.08. The minimum absolute atomic E-state index is 0.0255. The zero-order valence-corrected chi connectivity index (χ0v) is 9.80. The molecule has 0 heterocycles. The van der Waals surface area contributed by atoms with Gasteiger partial charge in [-0.05, 0) is 24.6 Å². The molecule has 1 aromatic rings. The van der Waals surface area contributed by atoms with Crippen molar-refractivity contribution in [3.8, 4) is 0 Å². The summed E-state index contributed by atoms with van der Waals surface area (Å²) in [5, 5.41) is 0. The second kappa shape index (κ2) is 5.11. The molecule has 1 aromatic carbocycles. The predicted octanol–water partition coefficient (Wildman–Crippen LogP) is 2.28. The Hall–Kier alpha value is -1.10. The molecule has 1 rings (SSSR count). The van der Waals surface area contributed by atoms with Crippen molar-refractivity contribution in [3.63, 3.8) is 0 Å². The third kappa shape index (κ3) is 3.20. The Balaban J connectivity index is 2.86. The van der Waals surface area contributed by atoms with E-state index in [4.69, 9.17) is 10.5 Å². The average Bonchev–Trinajstić information content (AvgIpc) is 2.14. The highest BCUT2D eigenvalue weighted by Crippen LogP contribution is 2.23. The highest BCUT2D eigenvalue weighted by atomic mass is 79.9. The van der Waals surface area contributed by atoms with Crippen LogP contribution in [0.5, 0.6) is 0 Å². The average molecular weight is 276 g/mol. The van der Waals surface area contributed by atoms with E-state index in [1.165, 1.54) is 12.1 Å². The fraction of sp³-hybridized carbons (Fsp3) is 0.300. The Morgan fingerprint density at radius 1 is 1.60 bits per heavy atom. The first-order chi connectivity index (χ1) is 7.04. The molecule has 0 atom stereocenters. The second-order valence-corrected chi connectivity index (χ2v) is 3.80. The van der Waals surface area contributed by atoms with Crippen LogP contribution in [0.2, 0.25) is 0 Å². The highest BCUT2D eigenvalue weighted by molar-refractivity contribution is 9.10. The predicted molar refractivity (Wildman–Crippen MR) is 58.8 cm³/mol. The Morgan fingerprint density at radius 3 is 2.87 bits per heavy atom. The molecule has 82 valence electrons. The number of halogens is 2. The first-order valence-corrected chi connectivity index (χ1v) is 5.23. The summed E-state index contributed by atoms with van der Waals surface area (Å²) >= 11 is 3.16. The summed E-state index contributed by atoms with van der Waals surface area (Å²) < 4.78 is 18.3. The van der Waals surface area contributed by atoms with Crippen LogP contribution in [0.1, 0.15) is 12.5 Å². The molecule has 0 unspecified atom stereocenters. The maximum Gasteiger partial charge on any atom is 0.310 e. The van der Waals surface area contributed by atoms with Crippen LogP contribution in [0.15, 0.2) is 16.6 Å². The summed E-state index contributed by atoms with van der Waals surface area (Å²) in [6.07, 6.45) is 0.0822. The minimum atomic E-state index is -0.505. The van der Waals surface area contributed by atoms with Crippen molar-refractivity contribution in [1.82, 2.24) is 0 Å². The van der Waals surface area contributed by atoms with Crippen LogP contribution < -0.4 is 5.73 Å². The van der Waals surface area contributed by atoms with E-state index in [0.29, 0.717) is 16.6 Å². The lowest BCUT2D eigenvalue weighted by Gasteiger charge is -2.06. The van der Waals surface area contributed by atoms with Gasteiger partial charge in [-0.2, -0.15) is 0 Å². The van der Waals surface area contributed by atoms with Crippen LogP contribution in [-0.2, 0) is 16.0 Å². The fourth-order valence-corrected chi connectivity index (χ4v) is 1.57. The van der Waals surface area contributed by atoms with Crippen LogP contribution in [0.3, 0.4) is 0 Å². The van der Waals surface area contributed by atoms with Crippen molar-refractivity contribution >= 4 is 27.6 Å². The number of carbonyl (C=O) groups is 1. The van der Waals surface area contributed by atoms with Crippen molar-refractivity contribution in [2.45, 2.75) is 13.3 Å². The normalized spacial score (nSPS) is 10.1. The Morgan fingerprint density at radius 2 is 2.27 bits per heavy atom. The van der Waals surface area contributed by atoms with E-state index >= 15 is 0 Å². The van der Waals surface area contributed by atoms with Gasteiger partial charge in [0.05, 0.1) is 18.7 Å². The van der Waals surface area contributed by atoms with Crippen LogP contribution in [-0.4, -0.2) is 12.6 Å². The number of rotatable bonds is 3. The SMILES string of the molecule is CCOC(=O)Cc1cc(N)c(F)cc1Br. The summed E-state index contributed by atoms with van der Waals surface area (Å²) in [7, 11) is 0. The fourth-order valence-electron chi connectivity index (χ4n) is 1.12. The van der Waals surface area contributed by atoms with Gasteiger partial charge < -0.3 is 10.5 Å². The zero-order valence-electron chi connectivity index (χ0n) is 8.22. The number of esters is 1. The number of anilines is 1. The summed E-state index contributed by atoms with van der Waals surface area (Å²) in [5.41, 5.74) is 6.03. The molecule has 0 amide bonds. The monoisotopic (exact) mass is 275 g/mol. The van der Waals surface area contributed by atoms with E-state index in [1.807, 2.05) is 0 Å². The first kappa shape index (κ1) is 12.0. The van der Waals surface area contributed by atoms with Gasteiger partial charge in [0.25, 0.3) is 0 Å². The molecule has 15 heavy (non-hydrogen) atoms. The number of nitrogens with two attached hydrogens (primary N) is 1. The van der Waals surface area contributed by atoms with Gasteiger partial charge in [-0.3, -0.25) is 4.79 Å². The van der Waals surface area contributed by atoms with Gasteiger partial charge in [0.2, 0.25) is 0 Å². The Kier molecular flexibility index (Phi) is 4.08. The van der Waals surface area contributed by atoms with Gasteiger partial charge in [0.15, 0.2) is 0 Å². The molecule has 0 bridgehead atoms. The van der Waals surface area contributed by atoms with Gasteiger partial charge >= 0.3 is 5.97 Å². The molecule has 0 radical (unpaired) electrons. The van der Waals surface area contributed by atoms with E-state index in [9.17, 15) is 9.18 Å². The Bertz CT molecular complexity index is 382. The molecule has 0 saturated carbocycles. The van der Waals surface area contributed by atoms with Crippen molar-refractivity contribution in [1.29, 1.82) is 0 Å². The van der Waals surface area contributed by atoms with Gasteiger partial charge in [-0.15, -0.1) is 0 Å². The van der Waals surface area contributed by atoms with Gasteiger partial charge in [-0.25, -0.2) is 4.39 Å². The van der Waals surface area contributed by atoms with Crippen LogP contribution in [0.4, 0.5) is 10.1 Å². The standard InChI is InChI=1S/C10H11BrFNO2/c1-2-15-10(14)4-6-3-9(13)8(12)5-7(6)11/h3,5H,2,4,13H2,1H3. The largest absolute Gasteiger partial charge is 0.466 e. The summed E-state index contributed by atoms with van der Waals surface area (Å²) in [5.74, 6) is -0.862. The topological polar surface area (TPSA) is 52.3 Å². The molecule has 0 saturated heterocycles. The maximum atomic E-state index is 13.0. The van der Waals surface area contributed by atoms with Crippen molar-refractivity contribution in [3.05, 3.63) is 28.0 Å². The molecule has 0 fully saturated rings. The molecule has 0 aliphatic carbocycles. The number of nitrogen functional groups attached to an aromatic ring is 1. The quantitative estimate of drug-likeness (QED) is 0.680. The third-order valence-electron chi connectivity index (χ3n) is 1.81. The highest BCUT2D eigenvalue weighted by Gasteiger charge is 2.10. The number of hydrogen-bond acceptors (Lipinski definition) is 3. The van der Waals surface area contributed by atoms with Gasteiger partial charge in [-0.1, -0.05) is 15.9 Å². The number of benzene rings is 1. The van der Waals surface area contributed by atoms with E-state index < -0.39 is 5.82 Å². The summed E-state index contributed by atoms with van der Waals surface area (Å²) in [6.45, 7) is 2.05. The number of hydrogen-bond donors (Lipinski definition) is 1. The van der Waals surface area contributed by atoms with E-state index in [-0.39, 0.29) is 18.1 Å². The molecule has 0 spiro atoms. The van der Waals surface area contributed by atoms with Crippen molar-refractivity contribution in [2.75, 3.05) is 12.3 Å². The van der Waals surface area contributed by atoms with Crippen LogP contribution in [0, 0.1) is 5.82 Å². The first-order valence-electron chi connectivity index (χ1n) is 4.43.